The topological polar surface area (TPSA) is 84.6 Å². The third kappa shape index (κ3) is 3.97. The van der Waals surface area contributed by atoms with Crippen molar-refractivity contribution >= 4 is 5.91 Å². The van der Waals surface area contributed by atoms with Gasteiger partial charge in [-0.15, -0.1) is 0 Å². The maximum absolute atomic E-state index is 13.0. The summed E-state index contributed by atoms with van der Waals surface area (Å²) in [7, 11) is 1.55. The van der Waals surface area contributed by atoms with E-state index >= 15 is 0 Å². The van der Waals surface area contributed by atoms with E-state index in [-0.39, 0.29) is 23.9 Å². The Morgan fingerprint density at radius 1 is 1.61 bits per heavy atom. The van der Waals surface area contributed by atoms with Gasteiger partial charge in [0.25, 0.3) is 5.91 Å². The van der Waals surface area contributed by atoms with Crippen molar-refractivity contribution in [2.24, 2.45) is 5.73 Å². The van der Waals surface area contributed by atoms with Gasteiger partial charge in [0.05, 0.1) is 5.56 Å². The second-order valence-electron chi connectivity index (χ2n) is 3.85. The van der Waals surface area contributed by atoms with Crippen molar-refractivity contribution in [3.05, 3.63) is 29.6 Å². The maximum atomic E-state index is 13.0. The summed E-state index contributed by atoms with van der Waals surface area (Å²) < 4.78 is 17.9. The fourth-order valence-corrected chi connectivity index (χ4v) is 1.46. The Morgan fingerprint density at radius 3 is 2.94 bits per heavy atom. The standard InChI is InChI=1S/C12H17FN2O3/c1-18-5-4-9(7-14)15-12(17)10-6-8(13)2-3-11(10)16/h2-3,6,9,16H,4-5,7,14H2,1H3,(H,15,17). The minimum Gasteiger partial charge on any atom is -0.507 e. The summed E-state index contributed by atoms with van der Waals surface area (Å²) in [4.78, 5) is 11.8. The molecule has 1 aromatic carbocycles. The molecule has 0 aromatic heterocycles. The number of ether oxygens (including phenoxy) is 1. The molecule has 18 heavy (non-hydrogen) atoms. The molecule has 1 atom stereocenters. The van der Waals surface area contributed by atoms with E-state index in [1.165, 1.54) is 0 Å². The van der Waals surface area contributed by atoms with Gasteiger partial charge in [-0.1, -0.05) is 0 Å². The largest absolute Gasteiger partial charge is 0.507 e. The molecule has 1 aromatic rings. The van der Waals surface area contributed by atoms with Crippen LogP contribution in [0.15, 0.2) is 18.2 Å². The Bertz CT molecular complexity index is 412. The van der Waals surface area contributed by atoms with Crippen molar-refractivity contribution in [1.29, 1.82) is 0 Å². The van der Waals surface area contributed by atoms with Crippen molar-refractivity contribution in [1.82, 2.24) is 5.32 Å². The van der Waals surface area contributed by atoms with E-state index < -0.39 is 11.7 Å². The Hall–Kier alpha value is -1.66. The zero-order chi connectivity index (χ0) is 13.5. The molecule has 0 aliphatic rings. The van der Waals surface area contributed by atoms with Gasteiger partial charge < -0.3 is 20.9 Å². The van der Waals surface area contributed by atoms with E-state index in [9.17, 15) is 14.3 Å². The van der Waals surface area contributed by atoms with Gasteiger partial charge in [-0.2, -0.15) is 0 Å². The van der Waals surface area contributed by atoms with Gasteiger partial charge in [0.1, 0.15) is 11.6 Å². The number of nitrogens with two attached hydrogens (primary N) is 1. The molecule has 0 heterocycles. The number of phenols is 1. The van der Waals surface area contributed by atoms with Crippen LogP contribution in [0, 0.1) is 5.82 Å². The number of rotatable bonds is 6. The highest BCUT2D eigenvalue weighted by Crippen LogP contribution is 2.17. The van der Waals surface area contributed by atoms with Gasteiger partial charge in [-0.3, -0.25) is 4.79 Å². The van der Waals surface area contributed by atoms with Crippen molar-refractivity contribution in [2.45, 2.75) is 12.5 Å². The SMILES string of the molecule is COCCC(CN)NC(=O)c1cc(F)ccc1O. The molecular formula is C12H17FN2O3. The predicted molar refractivity (Wildman–Crippen MR) is 64.9 cm³/mol. The molecule has 0 bridgehead atoms. The van der Waals surface area contributed by atoms with E-state index in [1.54, 1.807) is 7.11 Å². The van der Waals surface area contributed by atoms with E-state index in [2.05, 4.69) is 5.32 Å². The van der Waals surface area contributed by atoms with Crippen molar-refractivity contribution in [3.8, 4) is 5.75 Å². The highest BCUT2D eigenvalue weighted by atomic mass is 19.1. The average Bonchev–Trinajstić information content (AvgIpc) is 2.37. The molecule has 1 rings (SSSR count). The van der Waals surface area contributed by atoms with E-state index in [1.807, 2.05) is 0 Å². The minimum atomic E-state index is -0.584. The Labute approximate surface area is 105 Å². The number of methoxy groups -OCH3 is 1. The zero-order valence-corrected chi connectivity index (χ0v) is 10.1. The Morgan fingerprint density at radius 2 is 2.33 bits per heavy atom. The first kappa shape index (κ1) is 14.4. The molecule has 0 aliphatic carbocycles. The summed E-state index contributed by atoms with van der Waals surface area (Å²) in [6, 6.07) is 2.92. The number of carbonyl (C=O) groups excluding carboxylic acids is 1. The molecule has 0 spiro atoms. The number of nitrogens with one attached hydrogen (secondary N) is 1. The lowest BCUT2D eigenvalue weighted by atomic mass is 10.1. The van der Waals surface area contributed by atoms with Gasteiger partial charge in [-0.25, -0.2) is 4.39 Å². The van der Waals surface area contributed by atoms with Crippen LogP contribution in [-0.2, 0) is 4.74 Å². The molecule has 0 radical (unpaired) electrons. The first-order chi connectivity index (χ1) is 8.58. The van der Waals surface area contributed by atoms with E-state index in [4.69, 9.17) is 10.5 Å². The normalized spacial score (nSPS) is 12.2. The monoisotopic (exact) mass is 256 g/mol. The number of aromatic hydroxyl groups is 1. The number of hydrogen-bond donors (Lipinski definition) is 3. The average molecular weight is 256 g/mol. The summed E-state index contributed by atoms with van der Waals surface area (Å²) in [5, 5.41) is 12.1. The number of carbonyl (C=O) groups is 1. The third-order valence-electron chi connectivity index (χ3n) is 2.49. The van der Waals surface area contributed by atoms with Crippen LogP contribution < -0.4 is 11.1 Å². The molecule has 0 aliphatic heterocycles. The second kappa shape index (κ2) is 6.93. The number of amides is 1. The first-order valence-electron chi connectivity index (χ1n) is 5.57. The summed E-state index contributed by atoms with van der Waals surface area (Å²) in [5.41, 5.74) is 5.40. The quantitative estimate of drug-likeness (QED) is 0.696. The Balaban J connectivity index is 2.71. The van der Waals surface area contributed by atoms with Gasteiger partial charge in [-0.05, 0) is 24.6 Å². The Kier molecular flexibility index (Phi) is 5.54. The molecule has 1 unspecified atom stereocenters. The lowest BCUT2D eigenvalue weighted by Crippen LogP contribution is -2.40. The molecule has 6 heteroatoms. The molecule has 5 nitrogen and oxygen atoms in total. The maximum Gasteiger partial charge on any atom is 0.255 e. The molecule has 4 N–H and O–H groups in total. The first-order valence-corrected chi connectivity index (χ1v) is 5.57. The van der Waals surface area contributed by atoms with Crippen LogP contribution in [0.5, 0.6) is 5.75 Å². The fraction of sp³-hybridized carbons (Fsp3) is 0.417. The highest BCUT2D eigenvalue weighted by molar-refractivity contribution is 5.96. The molecule has 0 saturated heterocycles. The predicted octanol–water partition coefficient (Wildman–Crippen LogP) is 0.625. The van der Waals surface area contributed by atoms with Crippen molar-refractivity contribution in [2.75, 3.05) is 20.3 Å². The highest BCUT2D eigenvalue weighted by Gasteiger charge is 2.16. The van der Waals surface area contributed by atoms with Crippen molar-refractivity contribution < 1.29 is 19.0 Å². The summed E-state index contributed by atoms with van der Waals surface area (Å²) in [6.45, 7) is 0.697. The summed E-state index contributed by atoms with van der Waals surface area (Å²) in [5.74, 6) is -1.41. The van der Waals surface area contributed by atoms with Crippen molar-refractivity contribution in [3.63, 3.8) is 0 Å². The summed E-state index contributed by atoms with van der Waals surface area (Å²) >= 11 is 0. The molecule has 0 fully saturated rings. The fourth-order valence-electron chi connectivity index (χ4n) is 1.46. The number of benzene rings is 1. The van der Waals surface area contributed by atoms with Crippen LogP contribution in [0.2, 0.25) is 0 Å². The number of hydrogen-bond acceptors (Lipinski definition) is 4. The van der Waals surface area contributed by atoms with Crippen LogP contribution in [0.1, 0.15) is 16.8 Å². The lowest BCUT2D eigenvalue weighted by molar-refractivity contribution is 0.0923. The molecule has 0 saturated carbocycles. The van der Waals surface area contributed by atoms with Gasteiger partial charge in [0, 0.05) is 26.3 Å². The smallest absolute Gasteiger partial charge is 0.255 e. The number of phenolic OH excluding ortho intramolecular Hbond substituents is 1. The number of halogens is 1. The van der Waals surface area contributed by atoms with Crippen LogP contribution in [0.25, 0.3) is 0 Å². The van der Waals surface area contributed by atoms with E-state index in [0.29, 0.717) is 13.0 Å². The molecule has 1 amide bonds. The molecule has 100 valence electrons. The van der Waals surface area contributed by atoms with E-state index in [0.717, 1.165) is 18.2 Å². The zero-order valence-electron chi connectivity index (χ0n) is 10.1. The molecular weight excluding hydrogens is 239 g/mol. The van der Waals surface area contributed by atoms with Crippen LogP contribution in [0.4, 0.5) is 4.39 Å². The van der Waals surface area contributed by atoms with Crippen LogP contribution in [-0.4, -0.2) is 37.3 Å². The summed E-state index contributed by atoms with van der Waals surface area (Å²) in [6.07, 6.45) is 0.550. The van der Waals surface area contributed by atoms with Crippen LogP contribution in [0.3, 0.4) is 0 Å². The van der Waals surface area contributed by atoms with Gasteiger partial charge >= 0.3 is 0 Å². The minimum absolute atomic E-state index is 0.106. The van der Waals surface area contributed by atoms with Crippen LogP contribution >= 0.6 is 0 Å². The lowest BCUT2D eigenvalue weighted by Gasteiger charge is -2.16. The van der Waals surface area contributed by atoms with Gasteiger partial charge in [0.15, 0.2) is 0 Å². The van der Waals surface area contributed by atoms with Gasteiger partial charge in [0.2, 0.25) is 0 Å². The third-order valence-corrected chi connectivity index (χ3v) is 2.49. The second-order valence-corrected chi connectivity index (χ2v) is 3.85.